The van der Waals surface area contributed by atoms with Gasteiger partial charge in [-0.3, -0.25) is 13.8 Å². The molecular weight excluding hydrogens is 423 g/mol. The Morgan fingerprint density at radius 3 is 2.71 bits per heavy atom. The first-order valence-corrected chi connectivity index (χ1v) is 10.8. The summed E-state index contributed by atoms with van der Waals surface area (Å²) in [5, 5.41) is 10.2. The van der Waals surface area contributed by atoms with Crippen LogP contribution in [0.25, 0.3) is 17.0 Å². The van der Waals surface area contributed by atoms with Crippen molar-refractivity contribution in [2.24, 2.45) is 0 Å². The fraction of sp³-hybridized carbons (Fsp3) is 0.409. The maximum atomic E-state index is 14.2. The van der Waals surface area contributed by atoms with Gasteiger partial charge in [-0.15, -0.1) is 0 Å². The number of hydrogen-bond acceptors (Lipinski definition) is 4. The highest BCUT2D eigenvalue weighted by molar-refractivity contribution is 6.30. The van der Waals surface area contributed by atoms with E-state index in [4.69, 9.17) is 11.6 Å². The first-order valence-electron chi connectivity index (χ1n) is 10.4. The third-order valence-corrected chi connectivity index (χ3v) is 5.90. The summed E-state index contributed by atoms with van der Waals surface area (Å²) in [5.74, 6) is -0.290. The lowest BCUT2D eigenvalue weighted by Gasteiger charge is -2.27. The number of hydrogen-bond donors (Lipinski definition) is 1. The number of carboxylic acid groups (broad SMARTS) is 1. The van der Waals surface area contributed by atoms with E-state index in [1.54, 1.807) is 18.3 Å². The molecule has 7 nitrogen and oxygen atoms in total. The number of aryl methyl sites for hydroxylation is 1. The zero-order valence-electron chi connectivity index (χ0n) is 17.2. The first-order chi connectivity index (χ1) is 14.9. The van der Waals surface area contributed by atoms with E-state index in [0.29, 0.717) is 28.9 Å². The number of rotatable bonds is 7. The summed E-state index contributed by atoms with van der Waals surface area (Å²) in [5.41, 5.74) is 1.08. The maximum Gasteiger partial charge on any atom is 0.326 e. The van der Waals surface area contributed by atoms with Crippen molar-refractivity contribution in [1.29, 1.82) is 0 Å². The number of carbonyl (C=O) groups is 1. The summed E-state index contributed by atoms with van der Waals surface area (Å²) in [6.45, 7) is 2.57. The van der Waals surface area contributed by atoms with E-state index in [1.165, 1.54) is 15.4 Å². The molecule has 0 bridgehead atoms. The Morgan fingerprint density at radius 1 is 1.29 bits per heavy atom. The van der Waals surface area contributed by atoms with Gasteiger partial charge in [0.05, 0.1) is 12.2 Å². The number of alkyl halides is 1. The highest BCUT2D eigenvalue weighted by Gasteiger charge is 2.38. The molecule has 1 aromatic carbocycles. The van der Waals surface area contributed by atoms with E-state index >= 15 is 0 Å². The van der Waals surface area contributed by atoms with Gasteiger partial charge in [-0.2, -0.15) is 0 Å². The minimum atomic E-state index is -1.26. The molecule has 0 aliphatic carbocycles. The molecule has 2 atom stereocenters. The number of aromatic nitrogens is 3. The Morgan fingerprint density at radius 2 is 2.03 bits per heavy atom. The van der Waals surface area contributed by atoms with Crippen molar-refractivity contribution in [3.8, 4) is 11.3 Å². The molecule has 1 aliphatic rings. The third kappa shape index (κ3) is 4.17. The quantitative estimate of drug-likeness (QED) is 0.555. The number of unbranched alkanes of at least 4 members (excludes halogenated alkanes) is 2. The molecule has 0 unspecified atom stereocenters. The van der Waals surface area contributed by atoms with Crippen LogP contribution in [0.1, 0.15) is 32.6 Å². The number of aliphatic carboxylic acids is 1. The Kier molecular flexibility index (Phi) is 6.00. The number of anilines is 1. The first kappa shape index (κ1) is 21.4. The largest absolute Gasteiger partial charge is 0.480 e. The number of halogens is 2. The van der Waals surface area contributed by atoms with Gasteiger partial charge in [0.1, 0.15) is 18.0 Å². The number of imidazole rings is 1. The predicted molar refractivity (Wildman–Crippen MR) is 118 cm³/mol. The molecule has 1 saturated heterocycles. The SMILES string of the molecule is CCCCCn1c(N2C[C@H](F)C[C@H]2C(=O)O)cc(=O)n2cc(-c3ccc(Cl)cc3)nc12. The molecule has 3 aromatic rings. The van der Waals surface area contributed by atoms with Crippen molar-refractivity contribution in [3.63, 3.8) is 0 Å². The van der Waals surface area contributed by atoms with Gasteiger partial charge in [0, 0.05) is 35.8 Å². The van der Waals surface area contributed by atoms with Crippen molar-refractivity contribution in [2.75, 3.05) is 11.4 Å². The number of carboxylic acids is 1. The van der Waals surface area contributed by atoms with Crippen molar-refractivity contribution >= 4 is 29.2 Å². The van der Waals surface area contributed by atoms with Crippen LogP contribution in [0.2, 0.25) is 5.02 Å². The molecule has 4 rings (SSSR count). The Bertz CT molecular complexity index is 1160. The summed E-state index contributed by atoms with van der Waals surface area (Å²) in [7, 11) is 0. The fourth-order valence-electron chi connectivity index (χ4n) is 4.09. The molecule has 1 fully saturated rings. The van der Waals surface area contributed by atoms with Gasteiger partial charge in [0.25, 0.3) is 5.56 Å². The normalized spacial score (nSPS) is 18.7. The molecule has 1 aliphatic heterocycles. The van der Waals surface area contributed by atoms with E-state index in [1.807, 2.05) is 16.7 Å². The molecule has 2 aromatic heterocycles. The molecule has 164 valence electrons. The third-order valence-electron chi connectivity index (χ3n) is 5.65. The van der Waals surface area contributed by atoms with E-state index in [2.05, 4.69) is 11.9 Å². The Balaban J connectivity index is 1.87. The van der Waals surface area contributed by atoms with Crippen molar-refractivity contribution in [2.45, 2.75) is 51.4 Å². The lowest BCUT2D eigenvalue weighted by molar-refractivity contribution is -0.138. The lowest BCUT2D eigenvalue weighted by atomic mass is 10.2. The average molecular weight is 447 g/mol. The molecular formula is C22H24ClFN4O3. The van der Waals surface area contributed by atoms with E-state index < -0.39 is 18.2 Å². The van der Waals surface area contributed by atoms with Gasteiger partial charge in [-0.1, -0.05) is 43.5 Å². The van der Waals surface area contributed by atoms with Crippen LogP contribution in [-0.4, -0.2) is 43.8 Å². The van der Waals surface area contributed by atoms with Crippen LogP contribution in [0, 0.1) is 0 Å². The van der Waals surface area contributed by atoms with Gasteiger partial charge in [-0.25, -0.2) is 14.2 Å². The van der Waals surface area contributed by atoms with Crippen LogP contribution in [0.4, 0.5) is 10.2 Å². The van der Waals surface area contributed by atoms with E-state index in [-0.39, 0.29) is 18.5 Å². The second kappa shape index (κ2) is 8.70. The molecule has 0 spiro atoms. The molecule has 3 heterocycles. The van der Waals surface area contributed by atoms with Crippen LogP contribution in [0.5, 0.6) is 0 Å². The van der Waals surface area contributed by atoms with Crippen LogP contribution in [0.15, 0.2) is 41.3 Å². The van der Waals surface area contributed by atoms with E-state index in [0.717, 1.165) is 24.8 Å². The lowest BCUT2D eigenvalue weighted by Crippen LogP contribution is -2.39. The summed E-state index contributed by atoms with van der Waals surface area (Å²) in [4.78, 5) is 30.8. The second-order valence-electron chi connectivity index (χ2n) is 7.84. The number of benzene rings is 1. The van der Waals surface area contributed by atoms with Crippen LogP contribution >= 0.6 is 11.6 Å². The molecule has 0 saturated carbocycles. The summed E-state index contributed by atoms with van der Waals surface area (Å²) >= 11 is 5.98. The zero-order chi connectivity index (χ0) is 22.1. The highest BCUT2D eigenvalue weighted by Crippen LogP contribution is 2.29. The number of nitrogens with zero attached hydrogens (tertiary/aromatic N) is 4. The summed E-state index contributed by atoms with van der Waals surface area (Å²) < 4.78 is 17.5. The van der Waals surface area contributed by atoms with Crippen molar-refractivity contribution < 1.29 is 14.3 Å². The molecule has 31 heavy (non-hydrogen) atoms. The zero-order valence-corrected chi connectivity index (χ0v) is 17.9. The predicted octanol–water partition coefficient (Wildman–Crippen LogP) is 4.01. The fourth-order valence-corrected chi connectivity index (χ4v) is 4.21. The van der Waals surface area contributed by atoms with E-state index in [9.17, 15) is 19.1 Å². The smallest absolute Gasteiger partial charge is 0.326 e. The van der Waals surface area contributed by atoms with Crippen molar-refractivity contribution in [3.05, 3.63) is 51.9 Å². The minimum Gasteiger partial charge on any atom is -0.480 e. The van der Waals surface area contributed by atoms with Gasteiger partial charge in [0.15, 0.2) is 0 Å². The minimum absolute atomic E-state index is 0.0644. The van der Waals surface area contributed by atoms with Crippen LogP contribution in [-0.2, 0) is 11.3 Å². The second-order valence-corrected chi connectivity index (χ2v) is 8.28. The monoisotopic (exact) mass is 446 g/mol. The molecule has 9 heteroatoms. The van der Waals surface area contributed by atoms with Gasteiger partial charge in [-0.05, 0) is 18.6 Å². The van der Waals surface area contributed by atoms with Crippen molar-refractivity contribution in [1.82, 2.24) is 14.0 Å². The van der Waals surface area contributed by atoms with Crippen LogP contribution < -0.4 is 10.5 Å². The van der Waals surface area contributed by atoms with Crippen LogP contribution in [0.3, 0.4) is 0 Å². The molecule has 0 radical (unpaired) electrons. The average Bonchev–Trinajstić information content (AvgIpc) is 3.35. The number of fused-ring (bicyclic) bond motifs is 1. The molecule has 0 amide bonds. The Hall–Kier alpha value is -2.87. The summed E-state index contributed by atoms with van der Waals surface area (Å²) in [6, 6.07) is 7.53. The topological polar surface area (TPSA) is 79.8 Å². The highest BCUT2D eigenvalue weighted by atomic mass is 35.5. The summed E-state index contributed by atoms with van der Waals surface area (Å²) in [6.07, 6.45) is 3.10. The molecule has 1 N–H and O–H groups in total. The van der Waals surface area contributed by atoms with Gasteiger partial charge < -0.3 is 10.0 Å². The standard InChI is InChI=1S/C22H24ClFN4O3/c1-2-3-4-9-26-19(27-12-16(24)10-18(27)21(30)31)11-20(29)28-13-17(25-22(26)28)14-5-7-15(23)8-6-14/h5-8,11,13,16,18H,2-4,9-10,12H2,1H3,(H,30,31)/t16-,18+/m1/s1. The Labute approximate surface area is 183 Å². The van der Waals surface area contributed by atoms with Gasteiger partial charge >= 0.3 is 5.97 Å². The van der Waals surface area contributed by atoms with Gasteiger partial charge in [0.2, 0.25) is 5.78 Å². The maximum absolute atomic E-state index is 14.2.